The smallest absolute Gasteiger partial charge is 0.0489 e. The van der Waals surface area contributed by atoms with Crippen LogP contribution < -0.4 is 5.32 Å². The van der Waals surface area contributed by atoms with Crippen LogP contribution in [0.3, 0.4) is 0 Å². The first kappa shape index (κ1) is 13.9. The monoisotopic (exact) mass is 203 g/mol. The fourth-order valence-electron chi connectivity index (χ4n) is 1.03. The Labute approximate surface area is 87.8 Å². The summed E-state index contributed by atoms with van der Waals surface area (Å²) < 4.78 is 5.44. The molecular weight excluding hydrogens is 178 g/mol. The summed E-state index contributed by atoms with van der Waals surface area (Å²) in [6, 6.07) is 0. The van der Waals surface area contributed by atoms with Crippen LogP contribution in [0.1, 0.15) is 27.2 Å². The zero-order valence-electron chi connectivity index (χ0n) is 9.75. The SMILES string of the molecule is CC(C)COCCCNCC(C)CO. The van der Waals surface area contributed by atoms with Crippen LogP contribution >= 0.6 is 0 Å². The van der Waals surface area contributed by atoms with Gasteiger partial charge in [0.25, 0.3) is 0 Å². The van der Waals surface area contributed by atoms with Gasteiger partial charge in [-0.2, -0.15) is 0 Å². The molecule has 0 bridgehead atoms. The molecule has 0 saturated carbocycles. The molecule has 0 aromatic heterocycles. The van der Waals surface area contributed by atoms with Gasteiger partial charge >= 0.3 is 0 Å². The summed E-state index contributed by atoms with van der Waals surface area (Å²) in [6.45, 7) is 10.1. The van der Waals surface area contributed by atoms with E-state index in [0.29, 0.717) is 11.8 Å². The molecule has 2 N–H and O–H groups in total. The van der Waals surface area contributed by atoms with Gasteiger partial charge in [-0.05, 0) is 31.3 Å². The van der Waals surface area contributed by atoms with Crippen LogP contribution in [0, 0.1) is 11.8 Å². The Hall–Kier alpha value is -0.120. The number of aliphatic hydroxyl groups is 1. The van der Waals surface area contributed by atoms with Gasteiger partial charge in [-0.3, -0.25) is 0 Å². The zero-order chi connectivity index (χ0) is 10.8. The third kappa shape index (κ3) is 9.96. The Balaban J connectivity index is 2.99. The Morgan fingerprint density at radius 2 is 2.00 bits per heavy atom. The highest BCUT2D eigenvalue weighted by Gasteiger charge is 1.98. The zero-order valence-corrected chi connectivity index (χ0v) is 9.75. The van der Waals surface area contributed by atoms with Gasteiger partial charge in [-0.1, -0.05) is 20.8 Å². The largest absolute Gasteiger partial charge is 0.396 e. The predicted molar refractivity (Wildman–Crippen MR) is 59.4 cm³/mol. The number of nitrogens with one attached hydrogen (secondary N) is 1. The van der Waals surface area contributed by atoms with Crippen molar-refractivity contribution in [3.63, 3.8) is 0 Å². The van der Waals surface area contributed by atoms with Crippen LogP contribution in [0.4, 0.5) is 0 Å². The van der Waals surface area contributed by atoms with E-state index in [-0.39, 0.29) is 6.61 Å². The van der Waals surface area contributed by atoms with Crippen LogP contribution in [-0.4, -0.2) is 38.0 Å². The summed E-state index contributed by atoms with van der Waals surface area (Å²) in [5, 5.41) is 12.1. The van der Waals surface area contributed by atoms with E-state index in [0.717, 1.165) is 32.7 Å². The van der Waals surface area contributed by atoms with E-state index >= 15 is 0 Å². The lowest BCUT2D eigenvalue weighted by Gasteiger charge is -2.10. The molecule has 0 aromatic carbocycles. The van der Waals surface area contributed by atoms with Crippen LogP contribution in [0.25, 0.3) is 0 Å². The molecule has 0 amide bonds. The normalized spacial score (nSPS) is 13.5. The van der Waals surface area contributed by atoms with Gasteiger partial charge < -0.3 is 15.2 Å². The summed E-state index contributed by atoms with van der Waals surface area (Å²) in [5.74, 6) is 0.976. The van der Waals surface area contributed by atoms with Gasteiger partial charge in [-0.25, -0.2) is 0 Å². The summed E-state index contributed by atoms with van der Waals surface area (Å²) in [6.07, 6.45) is 1.05. The van der Waals surface area contributed by atoms with E-state index in [1.54, 1.807) is 0 Å². The number of aliphatic hydroxyl groups excluding tert-OH is 1. The van der Waals surface area contributed by atoms with Crippen LogP contribution in [0.5, 0.6) is 0 Å². The predicted octanol–water partition coefficient (Wildman–Crippen LogP) is 1.27. The highest BCUT2D eigenvalue weighted by Crippen LogP contribution is 1.93. The molecule has 0 radical (unpaired) electrons. The Kier molecular flexibility index (Phi) is 9.35. The van der Waals surface area contributed by atoms with Gasteiger partial charge in [0.2, 0.25) is 0 Å². The van der Waals surface area contributed by atoms with Crippen LogP contribution in [0.15, 0.2) is 0 Å². The molecule has 0 fully saturated rings. The van der Waals surface area contributed by atoms with Gasteiger partial charge in [0.1, 0.15) is 0 Å². The fraction of sp³-hybridized carbons (Fsp3) is 1.00. The number of hydrogen-bond donors (Lipinski definition) is 2. The lowest BCUT2D eigenvalue weighted by Crippen LogP contribution is -2.25. The van der Waals surface area contributed by atoms with Gasteiger partial charge in [0.15, 0.2) is 0 Å². The standard InChI is InChI=1S/C11H25NO2/c1-10(2)9-14-6-4-5-12-7-11(3)8-13/h10-13H,4-9H2,1-3H3. The van der Waals surface area contributed by atoms with E-state index < -0.39 is 0 Å². The first-order valence-electron chi connectivity index (χ1n) is 5.56. The molecule has 86 valence electrons. The van der Waals surface area contributed by atoms with E-state index in [4.69, 9.17) is 9.84 Å². The molecule has 0 aliphatic rings. The van der Waals surface area contributed by atoms with Gasteiger partial charge in [-0.15, -0.1) is 0 Å². The molecule has 1 unspecified atom stereocenters. The second kappa shape index (κ2) is 9.44. The lowest BCUT2D eigenvalue weighted by molar-refractivity contribution is 0.107. The van der Waals surface area contributed by atoms with Crippen molar-refractivity contribution in [2.24, 2.45) is 11.8 Å². The van der Waals surface area contributed by atoms with Crippen molar-refractivity contribution in [1.29, 1.82) is 0 Å². The first-order valence-corrected chi connectivity index (χ1v) is 5.56. The topological polar surface area (TPSA) is 41.5 Å². The summed E-state index contributed by atoms with van der Waals surface area (Å²) in [4.78, 5) is 0. The van der Waals surface area contributed by atoms with Gasteiger partial charge in [0.05, 0.1) is 0 Å². The number of ether oxygens (including phenoxy) is 1. The molecule has 0 spiro atoms. The summed E-state index contributed by atoms with van der Waals surface area (Å²) >= 11 is 0. The molecule has 3 nitrogen and oxygen atoms in total. The Morgan fingerprint density at radius 1 is 1.29 bits per heavy atom. The molecule has 0 aliphatic heterocycles. The van der Waals surface area contributed by atoms with Crippen molar-refractivity contribution in [2.45, 2.75) is 27.2 Å². The Morgan fingerprint density at radius 3 is 2.57 bits per heavy atom. The second-order valence-corrected chi connectivity index (χ2v) is 4.31. The quantitative estimate of drug-likeness (QED) is 0.554. The van der Waals surface area contributed by atoms with Crippen LogP contribution in [0.2, 0.25) is 0 Å². The maximum absolute atomic E-state index is 8.77. The molecule has 14 heavy (non-hydrogen) atoms. The summed E-state index contributed by atoms with van der Waals surface area (Å²) in [7, 11) is 0. The van der Waals surface area contributed by atoms with Crippen molar-refractivity contribution >= 4 is 0 Å². The molecule has 0 rings (SSSR count). The molecule has 0 saturated heterocycles. The highest BCUT2D eigenvalue weighted by atomic mass is 16.5. The Bertz CT molecular complexity index is 118. The van der Waals surface area contributed by atoms with Crippen molar-refractivity contribution in [3.8, 4) is 0 Å². The van der Waals surface area contributed by atoms with Crippen LogP contribution in [-0.2, 0) is 4.74 Å². The third-order valence-electron chi connectivity index (χ3n) is 1.90. The van der Waals surface area contributed by atoms with Crippen molar-refractivity contribution in [1.82, 2.24) is 5.32 Å². The van der Waals surface area contributed by atoms with Crippen molar-refractivity contribution in [2.75, 3.05) is 32.9 Å². The lowest BCUT2D eigenvalue weighted by atomic mass is 10.2. The average Bonchev–Trinajstić information content (AvgIpc) is 2.15. The maximum Gasteiger partial charge on any atom is 0.0489 e. The fourth-order valence-corrected chi connectivity index (χ4v) is 1.03. The molecule has 0 aliphatic carbocycles. The second-order valence-electron chi connectivity index (χ2n) is 4.31. The first-order chi connectivity index (χ1) is 6.66. The minimum Gasteiger partial charge on any atom is -0.396 e. The minimum absolute atomic E-state index is 0.261. The van der Waals surface area contributed by atoms with Crippen molar-refractivity contribution < 1.29 is 9.84 Å². The summed E-state index contributed by atoms with van der Waals surface area (Å²) in [5.41, 5.74) is 0. The molecule has 1 atom stereocenters. The molecule has 0 aromatic rings. The van der Waals surface area contributed by atoms with Gasteiger partial charge in [0, 0.05) is 19.8 Å². The molecule has 0 heterocycles. The highest BCUT2D eigenvalue weighted by molar-refractivity contribution is 4.54. The van der Waals surface area contributed by atoms with E-state index in [1.165, 1.54) is 0 Å². The maximum atomic E-state index is 8.77. The number of hydrogen-bond acceptors (Lipinski definition) is 3. The molecule has 3 heteroatoms. The van der Waals surface area contributed by atoms with E-state index in [9.17, 15) is 0 Å². The molecular formula is C11H25NO2. The average molecular weight is 203 g/mol. The van der Waals surface area contributed by atoms with E-state index in [1.807, 2.05) is 6.92 Å². The van der Waals surface area contributed by atoms with Crippen molar-refractivity contribution in [3.05, 3.63) is 0 Å². The number of rotatable bonds is 9. The third-order valence-corrected chi connectivity index (χ3v) is 1.90. The van der Waals surface area contributed by atoms with E-state index in [2.05, 4.69) is 19.2 Å². The minimum atomic E-state index is 0.261.